The van der Waals surface area contributed by atoms with Crippen LogP contribution in [0.5, 0.6) is 0 Å². The molecule has 0 unspecified atom stereocenters. The molecule has 0 heterocycles. The van der Waals surface area contributed by atoms with Gasteiger partial charge in [0.15, 0.2) is 0 Å². The Hall–Kier alpha value is -0.823. The first-order chi connectivity index (χ1) is 6.64. The van der Waals surface area contributed by atoms with E-state index in [9.17, 15) is 0 Å². The van der Waals surface area contributed by atoms with Gasteiger partial charge in [0, 0.05) is 0 Å². The number of hydrogen-bond donors (Lipinski definition) is 0. The van der Waals surface area contributed by atoms with Crippen molar-refractivity contribution in [2.24, 2.45) is 0 Å². The molecule has 0 N–H and O–H groups in total. The Morgan fingerprint density at radius 3 is 2.36 bits per heavy atom. The van der Waals surface area contributed by atoms with Gasteiger partial charge in [-0.2, -0.15) is 0 Å². The number of hydrogen-bond acceptors (Lipinski definition) is 0. The van der Waals surface area contributed by atoms with Gasteiger partial charge in [0.05, 0.1) is 8.07 Å². The molecule has 0 aromatic heterocycles. The lowest BCUT2D eigenvalue weighted by Crippen LogP contribution is -2.21. The quantitative estimate of drug-likeness (QED) is 0.639. The highest BCUT2D eigenvalue weighted by atomic mass is 28.3. The van der Waals surface area contributed by atoms with Crippen LogP contribution < -0.4 is 0 Å². The Kier molecular flexibility index (Phi) is 4.14. The number of rotatable bonds is 4. The summed E-state index contributed by atoms with van der Waals surface area (Å²) in [6.45, 7) is 7.12. The van der Waals surface area contributed by atoms with Gasteiger partial charge < -0.3 is 0 Å². The van der Waals surface area contributed by atoms with Gasteiger partial charge in [0.1, 0.15) is 0 Å². The predicted octanol–water partition coefficient (Wildman–Crippen LogP) is 4.36. The minimum atomic E-state index is -1.07. The topological polar surface area (TPSA) is 0 Å². The van der Waals surface area contributed by atoms with Crippen molar-refractivity contribution in [3.05, 3.63) is 41.6 Å². The molecule has 0 saturated heterocycles. The summed E-state index contributed by atoms with van der Waals surface area (Å²) in [5, 5.41) is 0. The zero-order chi connectivity index (χ0) is 10.4. The minimum Gasteiger partial charge on any atom is -0.0942 e. The molecule has 14 heavy (non-hydrogen) atoms. The van der Waals surface area contributed by atoms with Gasteiger partial charge in [-0.15, -0.1) is 0 Å². The van der Waals surface area contributed by atoms with Crippen LogP contribution in [0.15, 0.2) is 36.0 Å². The first-order valence-electron chi connectivity index (χ1n) is 5.38. The minimum absolute atomic E-state index is 1.07. The monoisotopic (exact) mass is 204 g/mol. The highest BCUT2D eigenvalue weighted by Crippen LogP contribution is 2.15. The van der Waals surface area contributed by atoms with Crippen molar-refractivity contribution in [1.82, 2.24) is 0 Å². The lowest BCUT2D eigenvalue weighted by Gasteiger charge is -2.15. The Labute approximate surface area is 88.7 Å². The van der Waals surface area contributed by atoms with Gasteiger partial charge in [-0.05, 0) is 5.56 Å². The normalized spacial score (nSPS) is 12.2. The molecule has 76 valence electrons. The first-order valence-corrected chi connectivity index (χ1v) is 8.67. The summed E-state index contributed by atoms with van der Waals surface area (Å²) >= 11 is 0. The van der Waals surface area contributed by atoms with Gasteiger partial charge in [0.25, 0.3) is 0 Å². The maximum atomic E-state index is 2.45. The summed E-state index contributed by atoms with van der Waals surface area (Å²) in [6, 6.07) is 11.9. The summed E-state index contributed by atoms with van der Waals surface area (Å²) in [6.07, 6.45) is 3.58. The second-order valence-electron chi connectivity index (χ2n) is 4.48. The van der Waals surface area contributed by atoms with Crippen LogP contribution in [0.1, 0.15) is 18.9 Å². The zero-order valence-electron chi connectivity index (χ0n) is 9.46. The molecule has 0 fully saturated rings. The van der Waals surface area contributed by atoms with E-state index in [1.807, 2.05) is 0 Å². The van der Waals surface area contributed by atoms with Crippen molar-refractivity contribution in [1.29, 1.82) is 0 Å². The molecule has 0 nitrogen and oxygen atoms in total. The molecular weight excluding hydrogens is 184 g/mol. The third kappa shape index (κ3) is 3.92. The summed E-state index contributed by atoms with van der Waals surface area (Å²) in [7, 11) is -1.07. The largest absolute Gasteiger partial charge is 0.0942 e. The van der Waals surface area contributed by atoms with Gasteiger partial charge in [-0.3, -0.25) is 0 Å². The molecular formula is C13H20Si. The van der Waals surface area contributed by atoms with E-state index in [2.05, 4.69) is 62.1 Å². The van der Waals surface area contributed by atoms with Crippen LogP contribution in [0, 0.1) is 0 Å². The second kappa shape index (κ2) is 5.16. The van der Waals surface area contributed by atoms with E-state index in [0.717, 1.165) is 0 Å². The molecule has 0 amide bonds. The molecule has 0 saturated carbocycles. The third-order valence-electron chi connectivity index (χ3n) is 2.42. The molecule has 0 spiro atoms. The van der Waals surface area contributed by atoms with Crippen LogP contribution in [0.2, 0.25) is 19.1 Å². The zero-order valence-corrected chi connectivity index (χ0v) is 10.5. The van der Waals surface area contributed by atoms with Gasteiger partial charge in [-0.25, -0.2) is 0 Å². The highest BCUT2D eigenvalue weighted by molar-refractivity contribution is 6.82. The number of benzene rings is 1. The van der Waals surface area contributed by atoms with Crippen LogP contribution in [0.3, 0.4) is 0 Å². The standard InChI is InChI=1S/C13H20Si/c1-4-11-14(2,3)12-10-13-8-6-5-7-9-13/h5-10,12H,4,11H2,1-3H3/b12-10+. The van der Waals surface area contributed by atoms with Crippen molar-refractivity contribution in [3.8, 4) is 0 Å². The Balaban J connectivity index is 2.64. The van der Waals surface area contributed by atoms with Crippen LogP contribution >= 0.6 is 0 Å². The predicted molar refractivity (Wildman–Crippen MR) is 68.1 cm³/mol. The van der Waals surface area contributed by atoms with E-state index in [0.29, 0.717) is 0 Å². The SMILES string of the molecule is CCC[Si](C)(C)/C=C/c1ccccc1. The Morgan fingerprint density at radius 2 is 1.79 bits per heavy atom. The molecule has 1 rings (SSSR count). The average molecular weight is 204 g/mol. The van der Waals surface area contributed by atoms with Crippen molar-refractivity contribution in [2.45, 2.75) is 32.5 Å². The second-order valence-corrected chi connectivity index (χ2v) is 9.29. The first kappa shape index (κ1) is 11.3. The smallest absolute Gasteiger partial charge is 0.0717 e. The molecule has 1 heteroatoms. The van der Waals surface area contributed by atoms with E-state index < -0.39 is 8.07 Å². The molecule has 0 aliphatic heterocycles. The van der Waals surface area contributed by atoms with Crippen molar-refractivity contribution in [3.63, 3.8) is 0 Å². The van der Waals surface area contributed by atoms with E-state index in [1.165, 1.54) is 18.0 Å². The molecule has 0 radical (unpaired) electrons. The highest BCUT2D eigenvalue weighted by Gasteiger charge is 2.14. The molecule has 0 aliphatic rings. The summed E-state index contributed by atoms with van der Waals surface area (Å²) < 4.78 is 0. The summed E-state index contributed by atoms with van der Waals surface area (Å²) in [5.41, 5.74) is 3.77. The van der Waals surface area contributed by atoms with Gasteiger partial charge in [0.2, 0.25) is 0 Å². The van der Waals surface area contributed by atoms with E-state index in [4.69, 9.17) is 0 Å². The fourth-order valence-electron chi connectivity index (χ4n) is 1.61. The van der Waals surface area contributed by atoms with Crippen LogP contribution in [0.25, 0.3) is 6.08 Å². The fraction of sp³-hybridized carbons (Fsp3) is 0.385. The molecule has 1 aromatic carbocycles. The fourth-order valence-corrected chi connectivity index (χ4v) is 3.71. The lowest BCUT2D eigenvalue weighted by atomic mass is 10.2. The summed E-state index contributed by atoms with van der Waals surface area (Å²) in [5.74, 6) is 0. The molecule has 0 aliphatic carbocycles. The summed E-state index contributed by atoms with van der Waals surface area (Å²) in [4.78, 5) is 0. The van der Waals surface area contributed by atoms with E-state index >= 15 is 0 Å². The van der Waals surface area contributed by atoms with Crippen molar-refractivity contribution >= 4 is 14.1 Å². The third-order valence-corrected chi connectivity index (χ3v) is 5.28. The van der Waals surface area contributed by atoms with Crippen LogP contribution in [0.4, 0.5) is 0 Å². The van der Waals surface area contributed by atoms with Gasteiger partial charge >= 0.3 is 0 Å². The Morgan fingerprint density at radius 1 is 1.14 bits per heavy atom. The Bertz CT molecular complexity index is 285. The maximum absolute atomic E-state index is 2.45. The van der Waals surface area contributed by atoms with E-state index in [1.54, 1.807) is 0 Å². The average Bonchev–Trinajstić information content (AvgIpc) is 2.17. The molecule has 1 aromatic rings. The maximum Gasteiger partial charge on any atom is 0.0717 e. The van der Waals surface area contributed by atoms with Gasteiger partial charge in [-0.1, -0.05) is 74.6 Å². The molecule has 0 bridgehead atoms. The van der Waals surface area contributed by atoms with E-state index in [-0.39, 0.29) is 0 Å². The van der Waals surface area contributed by atoms with Crippen LogP contribution in [-0.2, 0) is 0 Å². The van der Waals surface area contributed by atoms with Crippen molar-refractivity contribution in [2.75, 3.05) is 0 Å². The van der Waals surface area contributed by atoms with Crippen LogP contribution in [-0.4, -0.2) is 8.07 Å². The van der Waals surface area contributed by atoms with Crippen molar-refractivity contribution < 1.29 is 0 Å². The lowest BCUT2D eigenvalue weighted by molar-refractivity contribution is 1.05. The molecule has 0 atom stereocenters.